The van der Waals surface area contributed by atoms with Gasteiger partial charge in [0.15, 0.2) is 0 Å². The first-order valence-corrected chi connectivity index (χ1v) is 9.08. The van der Waals surface area contributed by atoms with Crippen molar-refractivity contribution in [3.8, 4) is 0 Å². The number of nitro groups is 1. The van der Waals surface area contributed by atoms with Gasteiger partial charge in [-0.05, 0) is 17.7 Å². The van der Waals surface area contributed by atoms with Crippen molar-refractivity contribution < 1.29 is 24.0 Å². The molecule has 4 rings (SSSR count). The highest BCUT2D eigenvalue weighted by molar-refractivity contribution is 6.46. The standard InChI is InChI=1S/C22H16N2O6/c25-20(15-8-4-9-16(12-15)24(28)29)18-19(14-6-2-1-3-7-14)23(22(27)21(18)26)13-17-10-5-11-30-17/h1-12,19,25H,13H2/b20-18-. The molecule has 2 heterocycles. The Morgan fingerprint density at radius 3 is 2.50 bits per heavy atom. The van der Waals surface area contributed by atoms with Crippen LogP contribution in [0.25, 0.3) is 5.76 Å². The van der Waals surface area contributed by atoms with Crippen molar-refractivity contribution in [1.29, 1.82) is 0 Å². The van der Waals surface area contributed by atoms with E-state index in [9.17, 15) is 24.8 Å². The Labute approximate surface area is 170 Å². The summed E-state index contributed by atoms with van der Waals surface area (Å²) in [5.74, 6) is -1.63. The fourth-order valence-electron chi connectivity index (χ4n) is 3.52. The molecule has 1 aliphatic rings. The number of amides is 1. The smallest absolute Gasteiger partial charge is 0.296 e. The third-order valence-electron chi connectivity index (χ3n) is 4.89. The summed E-state index contributed by atoms with van der Waals surface area (Å²) in [6.07, 6.45) is 1.46. The van der Waals surface area contributed by atoms with Crippen LogP contribution in [0.2, 0.25) is 0 Å². The maximum absolute atomic E-state index is 12.9. The van der Waals surface area contributed by atoms with Gasteiger partial charge in [0.2, 0.25) is 0 Å². The predicted octanol–water partition coefficient (Wildman–Crippen LogP) is 3.81. The van der Waals surface area contributed by atoms with Gasteiger partial charge in [0.1, 0.15) is 11.5 Å². The van der Waals surface area contributed by atoms with E-state index in [4.69, 9.17) is 4.42 Å². The molecule has 0 bridgehead atoms. The number of hydrogen-bond donors (Lipinski definition) is 1. The minimum Gasteiger partial charge on any atom is -0.507 e. The SMILES string of the molecule is O=C1C(=O)N(Cc2ccco2)C(c2ccccc2)/C1=C(/O)c1cccc([N+](=O)[O-])c1. The average Bonchev–Trinajstić information content (AvgIpc) is 3.36. The molecule has 8 nitrogen and oxygen atoms in total. The van der Waals surface area contributed by atoms with Crippen LogP contribution in [0.3, 0.4) is 0 Å². The van der Waals surface area contributed by atoms with Gasteiger partial charge < -0.3 is 14.4 Å². The molecule has 30 heavy (non-hydrogen) atoms. The molecule has 0 radical (unpaired) electrons. The fourth-order valence-corrected chi connectivity index (χ4v) is 3.52. The van der Waals surface area contributed by atoms with Gasteiger partial charge in [0, 0.05) is 17.7 Å². The number of carbonyl (C=O) groups is 2. The summed E-state index contributed by atoms with van der Waals surface area (Å²) in [6.45, 7) is 0.0306. The lowest BCUT2D eigenvalue weighted by atomic mass is 9.95. The summed E-state index contributed by atoms with van der Waals surface area (Å²) >= 11 is 0. The highest BCUT2D eigenvalue weighted by Crippen LogP contribution is 2.40. The van der Waals surface area contributed by atoms with Gasteiger partial charge in [-0.3, -0.25) is 19.7 Å². The van der Waals surface area contributed by atoms with Gasteiger partial charge in [-0.1, -0.05) is 42.5 Å². The van der Waals surface area contributed by atoms with E-state index in [-0.39, 0.29) is 23.4 Å². The second-order valence-corrected chi connectivity index (χ2v) is 6.72. The molecule has 1 fully saturated rings. The molecule has 150 valence electrons. The molecule has 1 aliphatic heterocycles. The minimum atomic E-state index is -0.865. The second kappa shape index (κ2) is 7.67. The molecular formula is C22H16N2O6. The summed E-state index contributed by atoms with van der Waals surface area (Å²) in [4.78, 5) is 37.5. The van der Waals surface area contributed by atoms with Crippen LogP contribution in [0.5, 0.6) is 0 Å². The van der Waals surface area contributed by atoms with Crippen LogP contribution in [0.15, 0.2) is 83.0 Å². The topological polar surface area (TPSA) is 114 Å². The number of aliphatic hydroxyl groups is 1. The molecule has 1 amide bonds. The number of Topliss-reactive ketones (excluding diaryl/α,β-unsaturated/α-hetero) is 1. The van der Waals surface area contributed by atoms with Gasteiger partial charge >= 0.3 is 0 Å². The quantitative estimate of drug-likeness (QED) is 0.227. The van der Waals surface area contributed by atoms with Crippen molar-refractivity contribution in [2.75, 3.05) is 0 Å². The number of non-ortho nitro benzene ring substituents is 1. The van der Waals surface area contributed by atoms with Crippen molar-refractivity contribution in [1.82, 2.24) is 4.90 Å². The molecule has 1 unspecified atom stereocenters. The number of rotatable bonds is 5. The van der Waals surface area contributed by atoms with Crippen molar-refractivity contribution in [3.05, 3.63) is 106 Å². The third kappa shape index (κ3) is 3.35. The average molecular weight is 404 g/mol. The Morgan fingerprint density at radius 1 is 1.07 bits per heavy atom. The van der Waals surface area contributed by atoms with Crippen LogP contribution < -0.4 is 0 Å². The molecular weight excluding hydrogens is 388 g/mol. The number of aliphatic hydroxyl groups excluding tert-OH is 1. The molecule has 0 saturated carbocycles. The monoisotopic (exact) mass is 404 g/mol. The number of nitrogens with zero attached hydrogens (tertiary/aromatic N) is 2. The largest absolute Gasteiger partial charge is 0.507 e. The lowest BCUT2D eigenvalue weighted by molar-refractivity contribution is -0.384. The van der Waals surface area contributed by atoms with Gasteiger partial charge in [-0.15, -0.1) is 0 Å². The van der Waals surface area contributed by atoms with Gasteiger partial charge in [0.25, 0.3) is 17.4 Å². The lowest BCUT2D eigenvalue weighted by Gasteiger charge is -2.24. The zero-order valence-electron chi connectivity index (χ0n) is 15.6. The number of likely N-dealkylation sites (tertiary alicyclic amines) is 1. The van der Waals surface area contributed by atoms with E-state index in [1.807, 2.05) is 0 Å². The van der Waals surface area contributed by atoms with Crippen LogP contribution in [-0.4, -0.2) is 26.6 Å². The number of benzene rings is 2. The summed E-state index contributed by atoms with van der Waals surface area (Å²) < 4.78 is 5.33. The van der Waals surface area contributed by atoms with E-state index in [2.05, 4.69) is 0 Å². The van der Waals surface area contributed by atoms with Crippen LogP contribution in [0, 0.1) is 10.1 Å². The summed E-state index contributed by atoms with van der Waals surface area (Å²) in [6, 6.07) is 16.6. The Hall–Kier alpha value is -4.20. The lowest BCUT2D eigenvalue weighted by Crippen LogP contribution is -2.29. The molecule has 1 atom stereocenters. The Bertz CT molecular complexity index is 1150. The first-order chi connectivity index (χ1) is 14.5. The van der Waals surface area contributed by atoms with Crippen LogP contribution in [0.1, 0.15) is 22.9 Å². The summed E-state index contributed by atoms with van der Waals surface area (Å²) in [5, 5.41) is 22.0. The highest BCUT2D eigenvalue weighted by atomic mass is 16.6. The zero-order valence-corrected chi connectivity index (χ0v) is 15.6. The van der Waals surface area contributed by atoms with E-state index in [0.717, 1.165) is 6.07 Å². The highest BCUT2D eigenvalue weighted by Gasteiger charge is 2.46. The summed E-state index contributed by atoms with van der Waals surface area (Å²) in [7, 11) is 0. The van der Waals surface area contributed by atoms with Crippen LogP contribution in [0.4, 0.5) is 5.69 Å². The van der Waals surface area contributed by atoms with E-state index >= 15 is 0 Å². The normalized spacial score (nSPS) is 18.0. The van der Waals surface area contributed by atoms with Gasteiger partial charge in [-0.2, -0.15) is 0 Å². The van der Waals surface area contributed by atoms with Gasteiger partial charge in [0.05, 0.1) is 29.3 Å². The van der Waals surface area contributed by atoms with Gasteiger partial charge in [-0.25, -0.2) is 0 Å². The maximum Gasteiger partial charge on any atom is 0.296 e. The molecule has 8 heteroatoms. The van der Waals surface area contributed by atoms with Crippen LogP contribution >= 0.6 is 0 Å². The van der Waals surface area contributed by atoms with E-state index in [1.165, 1.54) is 29.4 Å². The molecule has 0 spiro atoms. The molecule has 1 N–H and O–H groups in total. The van der Waals surface area contributed by atoms with Crippen molar-refractivity contribution in [2.24, 2.45) is 0 Å². The van der Waals surface area contributed by atoms with Crippen LogP contribution in [-0.2, 0) is 16.1 Å². The number of carbonyl (C=O) groups excluding carboxylic acids is 2. The Morgan fingerprint density at radius 2 is 1.83 bits per heavy atom. The first-order valence-electron chi connectivity index (χ1n) is 9.08. The number of furan rings is 1. The second-order valence-electron chi connectivity index (χ2n) is 6.72. The summed E-state index contributed by atoms with van der Waals surface area (Å²) in [5.41, 5.74) is 0.342. The van der Waals surface area contributed by atoms with E-state index < -0.39 is 28.4 Å². The van der Waals surface area contributed by atoms with E-state index in [1.54, 1.807) is 42.5 Å². The molecule has 1 aromatic heterocycles. The van der Waals surface area contributed by atoms with Crippen molar-refractivity contribution >= 4 is 23.1 Å². The Kier molecular flexibility index (Phi) is 4.89. The third-order valence-corrected chi connectivity index (χ3v) is 4.89. The first kappa shape index (κ1) is 19.1. The minimum absolute atomic E-state index is 0.0306. The molecule has 3 aromatic rings. The zero-order chi connectivity index (χ0) is 21.3. The Balaban J connectivity index is 1.87. The van der Waals surface area contributed by atoms with Crippen molar-refractivity contribution in [3.63, 3.8) is 0 Å². The predicted molar refractivity (Wildman–Crippen MR) is 106 cm³/mol. The number of nitro benzene ring substituents is 1. The van der Waals surface area contributed by atoms with Crippen molar-refractivity contribution in [2.45, 2.75) is 12.6 Å². The molecule has 0 aliphatic carbocycles. The van der Waals surface area contributed by atoms with E-state index in [0.29, 0.717) is 11.3 Å². The molecule has 1 saturated heterocycles. The fraction of sp³-hybridized carbons (Fsp3) is 0.0909. The number of hydrogen-bond acceptors (Lipinski definition) is 6. The number of ketones is 1. The maximum atomic E-state index is 12.9. The molecule has 2 aromatic carbocycles.